The van der Waals surface area contributed by atoms with Gasteiger partial charge in [0, 0.05) is 11.6 Å². The van der Waals surface area contributed by atoms with Crippen LogP contribution < -0.4 is 5.43 Å². The lowest BCUT2D eigenvalue weighted by molar-refractivity contribution is -0.234. The van der Waals surface area contributed by atoms with Gasteiger partial charge in [0.2, 0.25) is 0 Å². The number of rotatable bonds is 5. The van der Waals surface area contributed by atoms with E-state index in [2.05, 4.69) is 0 Å². The fourth-order valence-electron chi connectivity index (χ4n) is 5.39. The predicted octanol–water partition coefficient (Wildman–Crippen LogP) is -2.39. The molecule has 0 aliphatic carbocycles. The summed E-state index contributed by atoms with van der Waals surface area (Å²) < 4.78 is 17.0. The molecule has 15 nitrogen and oxygen atoms in total. The Morgan fingerprint density at radius 2 is 1.14 bits per heavy atom. The molecule has 2 aliphatic rings. The van der Waals surface area contributed by atoms with Gasteiger partial charge in [-0.05, 0) is 24.3 Å². The van der Waals surface area contributed by atoms with Crippen LogP contribution in [0.4, 0.5) is 0 Å². The van der Waals surface area contributed by atoms with Crippen LogP contribution in [-0.2, 0) is 9.47 Å². The number of fused-ring (bicyclic) bond motifs is 1. The normalized spacial score (nSPS) is 33.6. The minimum Gasteiger partial charge on any atom is -0.508 e. The van der Waals surface area contributed by atoms with Crippen molar-refractivity contribution in [1.29, 1.82) is 0 Å². The largest absolute Gasteiger partial charge is 0.508 e. The SMILES string of the molecule is O=c1cc(-c2ccc(O)cc2)oc2c([C@H]3O[C@@H](CO)[C@H](O)[C@H](O)[C@@H]3O)c(O)c([C@H]3O[C@H](CO)[C@H](O)[C@H](O)[C@H]3O)c(O)c12. The molecule has 2 fully saturated rings. The Bertz CT molecular complexity index is 1500. The summed E-state index contributed by atoms with van der Waals surface area (Å²) in [5.74, 6) is -2.20. The van der Waals surface area contributed by atoms with Crippen LogP contribution in [0.5, 0.6) is 17.2 Å². The molecule has 1 aromatic heterocycles. The number of aliphatic hydroxyl groups is 8. The molecule has 3 heterocycles. The number of hydrogen-bond donors (Lipinski definition) is 11. The summed E-state index contributed by atoms with van der Waals surface area (Å²) in [5.41, 5.74) is -2.48. The Kier molecular flexibility index (Phi) is 8.16. The highest BCUT2D eigenvalue weighted by Crippen LogP contribution is 2.51. The molecule has 11 N–H and O–H groups in total. The summed E-state index contributed by atoms with van der Waals surface area (Å²) in [7, 11) is 0. The van der Waals surface area contributed by atoms with Crippen molar-refractivity contribution < 1.29 is 70.1 Å². The van der Waals surface area contributed by atoms with E-state index in [0.29, 0.717) is 0 Å². The summed E-state index contributed by atoms with van der Waals surface area (Å²) >= 11 is 0. The molecule has 228 valence electrons. The average molecular weight is 595 g/mol. The van der Waals surface area contributed by atoms with Crippen LogP contribution in [0.2, 0.25) is 0 Å². The highest BCUT2D eigenvalue weighted by Gasteiger charge is 2.50. The van der Waals surface area contributed by atoms with Crippen molar-refractivity contribution in [3.63, 3.8) is 0 Å². The summed E-state index contributed by atoms with van der Waals surface area (Å²) in [6.07, 6.45) is -18.2. The van der Waals surface area contributed by atoms with E-state index >= 15 is 0 Å². The Labute approximate surface area is 235 Å². The van der Waals surface area contributed by atoms with Gasteiger partial charge in [-0.1, -0.05) is 0 Å². The lowest BCUT2D eigenvalue weighted by atomic mass is 9.85. The third kappa shape index (κ3) is 4.79. The minimum atomic E-state index is -2.02. The molecule has 42 heavy (non-hydrogen) atoms. The van der Waals surface area contributed by atoms with Crippen LogP contribution in [-0.4, -0.2) is 118 Å². The van der Waals surface area contributed by atoms with Gasteiger partial charge < -0.3 is 70.1 Å². The van der Waals surface area contributed by atoms with Crippen LogP contribution in [0, 0.1) is 0 Å². The van der Waals surface area contributed by atoms with Crippen molar-refractivity contribution in [3.8, 4) is 28.6 Å². The zero-order valence-corrected chi connectivity index (χ0v) is 21.6. The second kappa shape index (κ2) is 11.4. The van der Waals surface area contributed by atoms with Crippen LogP contribution in [0.25, 0.3) is 22.3 Å². The van der Waals surface area contributed by atoms with Crippen LogP contribution in [0.1, 0.15) is 23.3 Å². The van der Waals surface area contributed by atoms with Gasteiger partial charge in [0.1, 0.15) is 89.4 Å². The van der Waals surface area contributed by atoms with Gasteiger partial charge in [-0.3, -0.25) is 4.79 Å². The zero-order valence-electron chi connectivity index (χ0n) is 21.6. The van der Waals surface area contributed by atoms with Gasteiger partial charge in [-0.2, -0.15) is 0 Å². The van der Waals surface area contributed by atoms with Gasteiger partial charge in [-0.25, -0.2) is 0 Å². The van der Waals surface area contributed by atoms with Crippen LogP contribution in [0.3, 0.4) is 0 Å². The van der Waals surface area contributed by atoms with Crippen LogP contribution >= 0.6 is 0 Å². The third-order valence-corrected chi connectivity index (χ3v) is 7.70. The lowest BCUT2D eigenvalue weighted by Gasteiger charge is -2.42. The molecule has 2 saturated heterocycles. The number of phenolic OH excluding ortho intramolecular Hbond substituents is 3. The first-order valence-corrected chi connectivity index (χ1v) is 12.9. The Balaban J connectivity index is 1.82. The van der Waals surface area contributed by atoms with Gasteiger partial charge in [0.15, 0.2) is 11.0 Å². The van der Waals surface area contributed by atoms with Gasteiger partial charge in [-0.15, -0.1) is 0 Å². The average Bonchev–Trinajstić information content (AvgIpc) is 2.97. The molecule has 0 saturated carbocycles. The smallest absolute Gasteiger partial charge is 0.197 e. The standard InChI is InChI=1S/C27H30O15/c28-6-12-17(32)21(36)23(38)26(41-12)15-19(34)14-10(31)5-11(8-1-3-9(30)4-2-8)40-25(14)16(20(15)35)27-24(39)22(37)18(33)13(7-29)42-27/h1-5,12-13,17-18,21-24,26-30,32-39H,6-7H2/t12-,13+,17+,18+,21+,22+,23-,24+,26-,27-/m1/s1. The molecule has 15 heteroatoms. The van der Waals surface area contributed by atoms with E-state index in [1.54, 1.807) is 0 Å². The highest BCUT2D eigenvalue weighted by molar-refractivity contribution is 5.92. The van der Waals surface area contributed by atoms with Crippen molar-refractivity contribution in [2.45, 2.75) is 61.0 Å². The van der Waals surface area contributed by atoms with E-state index in [0.717, 1.165) is 6.07 Å². The number of ether oxygens (including phenoxy) is 2. The maximum absolute atomic E-state index is 13.5. The van der Waals surface area contributed by atoms with Crippen molar-refractivity contribution in [2.24, 2.45) is 0 Å². The Morgan fingerprint density at radius 3 is 1.64 bits per heavy atom. The predicted molar refractivity (Wildman–Crippen MR) is 138 cm³/mol. The number of hydrogen-bond acceptors (Lipinski definition) is 15. The van der Waals surface area contributed by atoms with Gasteiger partial charge in [0.25, 0.3) is 0 Å². The monoisotopic (exact) mass is 594 g/mol. The molecule has 0 amide bonds. The number of aromatic hydroxyl groups is 3. The fourth-order valence-corrected chi connectivity index (χ4v) is 5.39. The first-order valence-electron chi connectivity index (χ1n) is 12.9. The zero-order chi connectivity index (χ0) is 30.6. The molecule has 5 rings (SSSR count). The summed E-state index contributed by atoms with van der Waals surface area (Å²) in [4.78, 5) is 13.5. The van der Waals surface area contributed by atoms with Crippen molar-refractivity contribution in [1.82, 2.24) is 0 Å². The first-order chi connectivity index (χ1) is 19.9. The van der Waals surface area contributed by atoms with E-state index in [1.807, 2.05) is 0 Å². The van der Waals surface area contributed by atoms with E-state index in [4.69, 9.17) is 13.9 Å². The first kappa shape index (κ1) is 30.1. The minimum absolute atomic E-state index is 0.0941. The second-order valence-electron chi connectivity index (χ2n) is 10.2. The molecular weight excluding hydrogens is 564 g/mol. The number of aliphatic hydroxyl groups excluding tert-OH is 8. The fraction of sp³-hybridized carbons (Fsp3) is 0.444. The third-order valence-electron chi connectivity index (χ3n) is 7.70. The van der Waals surface area contributed by atoms with Crippen molar-refractivity contribution in [3.05, 3.63) is 51.7 Å². The summed E-state index contributed by atoms with van der Waals surface area (Å²) in [5, 5.41) is 114. The maximum atomic E-state index is 13.5. The molecular formula is C27H30O15. The quantitative estimate of drug-likeness (QED) is 0.147. The number of benzene rings is 2. The van der Waals surface area contributed by atoms with Crippen LogP contribution in [0.15, 0.2) is 39.5 Å². The summed E-state index contributed by atoms with van der Waals surface area (Å²) in [6.45, 7) is -1.70. The van der Waals surface area contributed by atoms with Crippen molar-refractivity contribution >= 4 is 11.0 Å². The molecule has 2 aromatic carbocycles. The molecule has 10 atom stereocenters. The molecule has 0 unspecified atom stereocenters. The summed E-state index contributed by atoms with van der Waals surface area (Å²) in [6, 6.07) is 6.37. The van der Waals surface area contributed by atoms with Crippen molar-refractivity contribution in [2.75, 3.05) is 13.2 Å². The molecule has 0 radical (unpaired) electrons. The molecule has 3 aromatic rings. The van der Waals surface area contributed by atoms with Gasteiger partial charge in [0.05, 0.1) is 24.3 Å². The topological polar surface area (TPSA) is 271 Å². The molecule has 0 bridgehead atoms. The second-order valence-corrected chi connectivity index (χ2v) is 10.2. The van der Waals surface area contributed by atoms with E-state index in [-0.39, 0.29) is 17.1 Å². The van der Waals surface area contributed by atoms with E-state index in [1.165, 1.54) is 24.3 Å². The highest BCUT2D eigenvalue weighted by atomic mass is 16.6. The molecule has 2 aliphatic heterocycles. The molecule has 0 spiro atoms. The lowest BCUT2D eigenvalue weighted by Crippen LogP contribution is -2.55. The number of phenols is 3. The Morgan fingerprint density at radius 1 is 0.643 bits per heavy atom. The Hall–Kier alpha value is -3.35. The van der Waals surface area contributed by atoms with Gasteiger partial charge >= 0.3 is 0 Å². The van der Waals surface area contributed by atoms with E-state index < -0.39 is 113 Å². The maximum Gasteiger partial charge on any atom is 0.197 e. The van der Waals surface area contributed by atoms with E-state index in [9.17, 15) is 61.0 Å².